The normalized spacial score (nSPS) is 15.4. The molecule has 1 aliphatic heterocycles. The largest absolute Gasteiger partial charge is 0.293 e. The maximum absolute atomic E-state index is 13.0. The van der Waals surface area contributed by atoms with E-state index in [2.05, 4.69) is 23.7 Å². The molecule has 0 spiro atoms. The van der Waals surface area contributed by atoms with Gasteiger partial charge in [-0.1, -0.05) is 49.7 Å². The summed E-state index contributed by atoms with van der Waals surface area (Å²) >= 11 is 6.03. The van der Waals surface area contributed by atoms with Crippen LogP contribution in [-0.2, 0) is 4.79 Å². The molecular weight excluding hydrogens is 322 g/mol. The number of halogens is 1. The van der Waals surface area contributed by atoms with Gasteiger partial charge < -0.3 is 0 Å². The van der Waals surface area contributed by atoms with Gasteiger partial charge in [0.15, 0.2) is 0 Å². The summed E-state index contributed by atoms with van der Waals surface area (Å²) in [5.74, 6) is -0.0666. The SMILES string of the molecule is CCN(CC)CN1C(=O)C(=Nc2cccc(Cl)c2)c2ccccc21. The summed E-state index contributed by atoms with van der Waals surface area (Å²) in [5, 5.41) is 0.607. The molecular formula is C19H20ClN3O. The van der Waals surface area contributed by atoms with Crippen LogP contribution in [0.4, 0.5) is 11.4 Å². The highest BCUT2D eigenvalue weighted by atomic mass is 35.5. The molecule has 0 atom stereocenters. The third-order valence-electron chi connectivity index (χ3n) is 4.18. The molecule has 4 nitrogen and oxygen atoms in total. The highest BCUT2D eigenvalue weighted by molar-refractivity contribution is 6.54. The number of amides is 1. The van der Waals surface area contributed by atoms with E-state index in [0.29, 0.717) is 23.1 Å². The Labute approximate surface area is 147 Å². The number of benzene rings is 2. The molecule has 0 aromatic heterocycles. The van der Waals surface area contributed by atoms with Crippen molar-refractivity contribution >= 4 is 34.6 Å². The van der Waals surface area contributed by atoms with Gasteiger partial charge in [-0.25, -0.2) is 4.99 Å². The molecule has 24 heavy (non-hydrogen) atoms. The summed E-state index contributed by atoms with van der Waals surface area (Å²) in [7, 11) is 0. The zero-order valence-electron chi connectivity index (χ0n) is 13.9. The van der Waals surface area contributed by atoms with E-state index in [1.165, 1.54) is 0 Å². The van der Waals surface area contributed by atoms with E-state index >= 15 is 0 Å². The van der Waals surface area contributed by atoms with Crippen LogP contribution in [0.2, 0.25) is 5.02 Å². The molecule has 1 heterocycles. The van der Waals surface area contributed by atoms with Gasteiger partial charge in [0.25, 0.3) is 5.91 Å². The fraction of sp³-hybridized carbons (Fsp3) is 0.263. The molecule has 2 aromatic rings. The van der Waals surface area contributed by atoms with E-state index in [-0.39, 0.29) is 5.91 Å². The lowest BCUT2D eigenvalue weighted by molar-refractivity contribution is -0.112. The zero-order chi connectivity index (χ0) is 17.1. The Balaban J connectivity index is 2.01. The molecule has 0 radical (unpaired) electrons. The number of carbonyl (C=O) groups excluding carboxylic acids is 1. The predicted molar refractivity (Wildman–Crippen MR) is 99.4 cm³/mol. The van der Waals surface area contributed by atoms with Crippen LogP contribution < -0.4 is 4.90 Å². The average Bonchev–Trinajstić information content (AvgIpc) is 2.85. The van der Waals surface area contributed by atoms with E-state index < -0.39 is 0 Å². The molecule has 3 rings (SSSR count). The molecule has 2 aromatic carbocycles. The summed E-state index contributed by atoms with van der Waals surface area (Å²) in [4.78, 5) is 21.5. The smallest absolute Gasteiger partial charge is 0.278 e. The van der Waals surface area contributed by atoms with Crippen molar-refractivity contribution in [3.05, 3.63) is 59.1 Å². The van der Waals surface area contributed by atoms with Gasteiger partial charge in [-0.2, -0.15) is 0 Å². The van der Waals surface area contributed by atoms with Crippen LogP contribution in [0, 0.1) is 0 Å². The molecule has 0 N–H and O–H groups in total. The summed E-state index contributed by atoms with van der Waals surface area (Å²) in [6.45, 7) is 6.54. The second kappa shape index (κ2) is 7.16. The van der Waals surface area contributed by atoms with Crippen LogP contribution in [0.25, 0.3) is 0 Å². The van der Waals surface area contributed by atoms with Crippen LogP contribution >= 0.6 is 11.6 Å². The van der Waals surface area contributed by atoms with Gasteiger partial charge in [0.05, 0.1) is 18.0 Å². The van der Waals surface area contributed by atoms with E-state index in [1.807, 2.05) is 36.4 Å². The number of rotatable bonds is 5. The van der Waals surface area contributed by atoms with Gasteiger partial charge in [0.1, 0.15) is 5.71 Å². The van der Waals surface area contributed by atoms with Gasteiger partial charge in [-0.05, 0) is 37.4 Å². The van der Waals surface area contributed by atoms with Gasteiger partial charge in [-0.15, -0.1) is 0 Å². The first-order chi connectivity index (χ1) is 11.6. The lowest BCUT2D eigenvalue weighted by atomic mass is 10.1. The Morgan fingerprint density at radius 2 is 1.83 bits per heavy atom. The summed E-state index contributed by atoms with van der Waals surface area (Å²) in [6, 6.07) is 15.0. The van der Waals surface area contributed by atoms with Crippen LogP contribution in [0.15, 0.2) is 53.5 Å². The average molecular weight is 342 g/mol. The van der Waals surface area contributed by atoms with Crippen molar-refractivity contribution in [3.63, 3.8) is 0 Å². The third-order valence-corrected chi connectivity index (χ3v) is 4.42. The fourth-order valence-corrected chi connectivity index (χ4v) is 2.99. The third kappa shape index (κ3) is 3.21. The van der Waals surface area contributed by atoms with Crippen molar-refractivity contribution in [1.29, 1.82) is 0 Å². The van der Waals surface area contributed by atoms with Crippen LogP contribution in [0.1, 0.15) is 19.4 Å². The number of nitrogens with zero attached hydrogens (tertiary/aromatic N) is 3. The maximum Gasteiger partial charge on any atom is 0.278 e. The second-order valence-corrected chi connectivity index (χ2v) is 6.07. The number of hydrogen-bond donors (Lipinski definition) is 0. The Bertz CT molecular complexity index is 784. The fourth-order valence-electron chi connectivity index (χ4n) is 2.81. The molecule has 1 aliphatic rings. The lowest BCUT2D eigenvalue weighted by Gasteiger charge is -2.25. The summed E-state index contributed by atoms with van der Waals surface area (Å²) in [5.41, 5.74) is 2.94. The van der Waals surface area contributed by atoms with Gasteiger partial charge in [0, 0.05) is 10.6 Å². The Hall–Kier alpha value is -2.17. The number of anilines is 1. The van der Waals surface area contributed by atoms with Crippen LogP contribution in [0.5, 0.6) is 0 Å². The lowest BCUT2D eigenvalue weighted by Crippen LogP contribution is -2.41. The minimum atomic E-state index is -0.0666. The van der Waals surface area contributed by atoms with Crippen LogP contribution in [0.3, 0.4) is 0 Å². The Morgan fingerprint density at radius 3 is 2.54 bits per heavy atom. The van der Waals surface area contributed by atoms with Gasteiger partial charge in [-0.3, -0.25) is 14.6 Å². The minimum absolute atomic E-state index is 0.0666. The second-order valence-electron chi connectivity index (χ2n) is 5.64. The van der Waals surface area contributed by atoms with E-state index in [0.717, 1.165) is 24.3 Å². The standard InChI is InChI=1S/C19H20ClN3O/c1-3-22(4-2)13-23-17-11-6-5-10-16(17)18(19(23)24)21-15-9-7-8-14(20)12-15/h5-12H,3-4,13H2,1-2H3. The summed E-state index contributed by atoms with van der Waals surface area (Å²) in [6.07, 6.45) is 0. The minimum Gasteiger partial charge on any atom is -0.293 e. The van der Waals surface area contributed by atoms with Crippen molar-refractivity contribution in [2.24, 2.45) is 4.99 Å². The topological polar surface area (TPSA) is 35.9 Å². The quantitative estimate of drug-likeness (QED) is 0.820. The Morgan fingerprint density at radius 1 is 1.08 bits per heavy atom. The molecule has 0 bridgehead atoms. The molecule has 0 saturated heterocycles. The summed E-state index contributed by atoms with van der Waals surface area (Å²) < 4.78 is 0. The van der Waals surface area contributed by atoms with Gasteiger partial charge in [0.2, 0.25) is 0 Å². The maximum atomic E-state index is 13.0. The highest BCUT2D eigenvalue weighted by Crippen LogP contribution is 2.31. The highest BCUT2D eigenvalue weighted by Gasteiger charge is 2.34. The van der Waals surface area contributed by atoms with Crippen molar-refractivity contribution < 1.29 is 4.79 Å². The molecule has 0 saturated carbocycles. The number of aliphatic imine (C=N–C) groups is 1. The Kier molecular flexibility index (Phi) is 4.97. The predicted octanol–water partition coefficient (Wildman–Crippen LogP) is 4.11. The first kappa shape index (κ1) is 16.7. The zero-order valence-corrected chi connectivity index (χ0v) is 14.6. The number of hydrogen-bond acceptors (Lipinski definition) is 3. The van der Waals surface area contributed by atoms with Crippen molar-refractivity contribution in [2.75, 3.05) is 24.7 Å². The van der Waals surface area contributed by atoms with Crippen LogP contribution in [-0.4, -0.2) is 36.3 Å². The van der Waals surface area contributed by atoms with Crippen molar-refractivity contribution in [3.8, 4) is 0 Å². The molecule has 5 heteroatoms. The molecule has 0 fully saturated rings. The molecule has 0 aliphatic carbocycles. The van der Waals surface area contributed by atoms with E-state index in [1.54, 1.807) is 17.0 Å². The van der Waals surface area contributed by atoms with Gasteiger partial charge >= 0.3 is 0 Å². The molecule has 1 amide bonds. The number of carbonyl (C=O) groups is 1. The van der Waals surface area contributed by atoms with Crippen molar-refractivity contribution in [2.45, 2.75) is 13.8 Å². The number of para-hydroxylation sites is 1. The monoisotopic (exact) mass is 341 g/mol. The first-order valence-corrected chi connectivity index (χ1v) is 8.49. The molecule has 124 valence electrons. The molecule has 0 unspecified atom stereocenters. The van der Waals surface area contributed by atoms with E-state index in [9.17, 15) is 4.79 Å². The van der Waals surface area contributed by atoms with Crippen molar-refractivity contribution in [1.82, 2.24) is 4.90 Å². The number of fused-ring (bicyclic) bond motifs is 1. The first-order valence-electron chi connectivity index (χ1n) is 8.12. The van der Waals surface area contributed by atoms with E-state index in [4.69, 9.17) is 11.6 Å².